The largest absolute Gasteiger partial charge is 0.396 e. The molecule has 0 atom stereocenters. The Morgan fingerprint density at radius 2 is 2.12 bits per heavy atom. The number of nitrogens with zero attached hydrogens (tertiary/aromatic N) is 2. The molecule has 0 fully saturated rings. The summed E-state index contributed by atoms with van der Waals surface area (Å²) in [5.74, 6) is -0.371. The van der Waals surface area contributed by atoms with E-state index >= 15 is 0 Å². The maximum absolute atomic E-state index is 12.3. The lowest BCUT2D eigenvalue weighted by atomic mass is 9.89. The summed E-state index contributed by atoms with van der Waals surface area (Å²) in [5.41, 5.74) is 2.99. The lowest BCUT2D eigenvalue weighted by Crippen LogP contribution is -2.35. The Balaban J connectivity index is 2.93. The van der Waals surface area contributed by atoms with Crippen molar-refractivity contribution in [2.45, 2.75) is 54.0 Å². The van der Waals surface area contributed by atoms with E-state index in [-0.39, 0.29) is 23.5 Å². The third-order valence-corrected chi connectivity index (χ3v) is 4.24. The van der Waals surface area contributed by atoms with Crippen molar-refractivity contribution < 1.29 is 9.90 Å². The lowest BCUT2D eigenvalue weighted by molar-refractivity contribution is -0.117. The predicted octanol–water partition coefficient (Wildman–Crippen LogP) is 2.95. The van der Waals surface area contributed by atoms with E-state index in [4.69, 9.17) is 5.11 Å². The number of hydrogen-bond acceptors (Lipinski definition) is 3. The van der Waals surface area contributed by atoms with Crippen LogP contribution in [0.3, 0.4) is 0 Å². The average Bonchev–Trinajstić information content (AvgIpc) is 2.78. The van der Waals surface area contributed by atoms with E-state index < -0.39 is 0 Å². The van der Waals surface area contributed by atoms with Gasteiger partial charge in [-0.1, -0.05) is 20.8 Å². The molecule has 24 heavy (non-hydrogen) atoms. The highest BCUT2D eigenvalue weighted by Gasteiger charge is 2.20. The average molecular weight is 331 g/mol. The van der Waals surface area contributed by atoms with E-state index in [9.17, 15) is 10.1 Å². The molecule has 0 aliphatic rings. The maximum Gasteiger partial charge on any atom is 0.261 e. The van der Waals surface area contributed by atoms with E-state index in [1.165, 1.54) is 0 Å². The lowest BCUT2D eigenvalue weighted by Gasteiger charge is -2.23. The number of aromatic nitrogens is 1. The molecule has 5 heteroatoms. The highest BCUT2D eigenvalue weighted by Crippen LogP contribution is 2.20. The number of amides is 1. The zero-order chi connectivity index (χ0) is 18.3. The molecule has 0 radical (unpaired) electrons. The molecule has 1 aromatic rings. The quantitative estimate of drug-likeness (QED) is 0.568. The van der Waals surface area contributed by atoms with E-state index in [0.717, 1.165) is 29.9 Å². The molecule has 5 nitrogen and oxygen atoms in total. The third-order valence-electron chi connectivity index (χ3n) is 4.24. The minimum atomic E-state index is -0.371. The Kier molecular flexibility index (Phi) is 7.24. The predicted molar refractivity (Wildman–Crippen MR) is 96.3 cm³/mol. The fraction of sp³-hybridized carbons (Fsp3) is 0.579. The van der Waals surface area contributed by atoms with Crippen molar-refractivity contribution in [1.82, 2.24) is 9.88 Å². The molecule has 0 aliphatic carbocycles. The molecule has 0 bridgehead atoms. The summed E-state index contributed by atoms with van der Waals surface area (Å²) in [4.78, 5) is 12.3. The number of rotatable bonds is 8. The zero-order valence-corrected chi connectivity index (χ0v) is 15.4. The summed E-state index contributed by atoms with van der Waals surface area (Å²) in [7, 11) is 0. The minimum absolute atomic E-state index is 0.0766. The molecule has 1 rings (SSSR count). The maximum atomic E-state index is 12.3. The monoisotopic (exact) mass is 331 g/mol. The molecule has 0 unspecified atom stereocenters. The SMILES string of the molecule is CCCn1c(C)cc(/C=C(/C#N)C(=O)NCC(C)(C)CCO)c1C. The van der Waals surface area contributed by atoms with Gasteiger partial charge in [-0.25, -0.2) is 0 Å². The van der Waals surface area contributed by atoms with Crippen LogP contribution in [-0.2, 0) is 11.3 Å². The first kappa shape index (κ1) is 20.0. The molecule has 1 amide bonds. The summed E-state index contributed by atoms with van der Waals surface area (Å²) < 4.78 is 2.20. The number of nitriles is 1. The highest BCUT2D eigenvalue weighted by atomic mass is 16.3. The van der Waals surface area contributed by atoms with Gasteiger partial charge in [0.15, 0.2) is 0 Å². The van der Waals surface area contributed by atoms with Crippen LogP contribution in [0.15, 0.2) is 11.6 Å². The van der Waals surface area contributed by atoms with Crippen LogP contribution in [0, 0.1) is 30.6 Å². The number of hydrogen-bond donors (Lipinski definition) is 2. The topological polar surface area (TPSA) is 78.0 Å². The van der Waals surface area contributed by atoms with Gasteiger partial charge in [0, 0.05) is 31.1 Å². The van der Waals surface area contributed by atoms with Gasteiger partial charge in [-0.05, 0) is 49.8 Å². The number of aryl methyl sites for hydroxylation is 1. The van der Waals surface area contributed by atoms with E-state index in [1.54, 1.807) is 6.08 Å². The van der Waals surface area contributed by atoms with Gasteiger partial charge >= 0.3 is 0 Å². The van der Waals surface area contributed by atoms with Gasteiger partial charge in [0.2, 0.25) is 0 Å². The van der Waals surface area contributed by atoms with Crippen LogP contribution in [0.5, 0.6) is 0 Å². The minimum Gasteiger partial charge on any atom is -0.396 e. The Labute approximate surface area is 145 Å². The molecule has 1 aromatic heterocycles. The molecule has 0 saturated heterocycles. The second-order valence-electron chi connectivity index (χ2n) is 6.97. The molecule has 0 saturated carbocycles. The van der Waals surface area contributed by atoms with Gasteiger partial charge in [0.25, 0.3) is 5.91 Å². The summed E-state index contributed by atoms with van der Waals surface area (Å²) in [5, 5.41) is 21.2. The smallest absolute Gasteiger partial charge is 0.261 e. The van der Waals surface area contributed by atoms with Crippen molar-refractivity contribution in [3.8, 4) is 6.07 Å². The number of carbonyl (C=O) groups excluding carboxylic acids is 1. The van der Waals surface area contributed by atoms with Crippen molar-refractivity contribution in [2.75, 3.05) is 13.2 Å². The summed E-state index contributed by atoms with van der Waals surface area (Å²) in [6.07, 6.45) is 3.28. The first-order valence-electron chi connectivity index (χ1n) is 8.43. The van der Waals surface area contributed by atoms with Crippen LogP contribution >= 0.6 is 0 Å². The molecular weight excluding hydrogens is 302 g/mol. The van der Waals surface area contributed by atoms with Crippen LogP contribution in [-0.4, -0.2) is 28.7 Å². The van der Waals surface area contributed by atoms with Gasteiger partial charge in [0.05, 0.1) is 0 Å². The van der Waals surface area contributed by atoms with Crippen molar-refractivity contribution in [1.29, 1.82) is 5.26 Å². The van der Waals surface area contributed by atoms with E-state index in [0.29, 0.717) is 13.0 Å². The standard InChI is InChI=1S/C19H29N3O2/c1-6-8-22-14(2)10-16(15(22)3)11-17(12-20)18(24)21-13-19(4,5)7-9-23/h10-11,23H,6-9,13H2,1-5H3,(H,21,24)/b17-11-. The zero-order valence-electron chi connectivity index (χ0n) is 15.4. The Bertz CT molecular complexity index is 648. The van der Waals surface area contributed by atoms with Gasteiger partial charge in [-0.15, -0.1) is 0 Å². The second-order valence-corrected chi connectivity index (χ2v) is 6.97. The molecule has 0 aromatic carbocycles. The molecule has 0 aliphatic heterocycles. The summed E-state index contributed by atoms with van der Waals surface area (Å²) in [6.45, 7) is 11.5. The van der Waals surface area contributed by atoms with Crippen LogP contribution in [0.1, 0.15) is 50.6 Å². The number of aliphatic hydroxyl groups is 1. The Morgan fingerprint density at radius 3 is 2.67 bits per heavy atom. The van der Waals surface area contributed by atoms with Crippen LogP contribution in [0.2, 0.25) is 0 Å². The van der Waals surface area contributed by atoms with Gasteiger partial charge < -0.3 is 15.0 Å². The summed E-state index contributed by atoms with van der Waals surface area (Å²) in [6, 6.07) is 4.00. The molecular formula is C19H29N3O2. The van der Waals surface area contributed by atoms with Crippen molar-refractivity contribution in [3.63, 3.8) is 0 Å². The molecule has 0 spiro atoms. The van der Waals surface area contributed by atoms with Gasteiger partial charge in [-0.3, -0.25) is 4.79 Å². The fourth-order valence-corrected chi connectivity index (χ4v) is 2.65. The normalized spacial score (nSPS) is 12.1. The second kappa shape index (κ2) is 8.70. The third kappa shape index (κ3) is 5.24. The number of aliphatic hydroxyl groups excluding tert-OH is 1. The van der Waals surface area contributed by atoms with Crippen molar-refractivity contribution >= 4 is 12.0 Å². The van der Waals surface area contributed by atoms with E-state index in [2.05, 4.69) is 16.8 Å². The van der Waals surface area contributed by atoms with Crippen LogP contribution < -0.4 is 5.32 Å². The highest BCUT2D eigenvalue weighted by molar-refractivity contribution is 6.01. The first-order chi connectivity index (χ1) is 11.3. The fourth-order valence-electron chi connectivity index (χ4n) is 2.65. The number of nitrogens with one attached hydrogen (secondary N) is 1. The van der Waals surface area contributed by atoms with Crippen LogP contribution in [0.4, 0.5) is 0 Å². The van der Waals surface area contributed by atoms with Crippen molar-refractivity contribution in [2.24, 2.45) is 5.41 Å². The van der Waals surface area contributed by atoms with Gasteiger partial charge in [0.1, 0.15) is 11.6 Å². The first-order valence-corrected chi connectivity index (χ1v) is 8.43. The molecule has 2 N–H and O–H groups in total. The van der Waals surface area contributed by atoms with E-state index in [1.807, 2.05) is 39.8 Å². The Morgan fingerprint density at radius 1 is 1.46 bits per heavy atom. The number of carbonyl (C=O) groups is 1. The van der Waals surface area contributed by atoms with Crippen LogP contribution in [0.25, 0.3) is 6.08 Å². The Hall–Kier alpha value is -2.06. The van der Waals surface area contributed by atoms with Gasteiger partial charge in [-0.2, -0.15) is 5.26 Å². The molecule has 132 valence electrons. The molecule has 1 heterocycles. The summed E-state index contributed by atoms with van der Waals surface area (Å²) >= 11 is 0. The van der Waals surface area contributed by atoms with Crippen molar-refractivity contribution in [3.05, 3.63) is 28.6 Å².